The topological polar surface area (TPSA) is 71.3 Å². The molecule has 0 fully saturated rings. The quantitative estimate of drug-likeness (QED) is 0.512. The summed E-state index contributed by atoms with van der Waals surface area (Å²) in [6.45, 7) is 5.71. The van der Waals surface area contributed by atoms with E-state index in [1.807, 2.05) is 30.3 Å². The average Bonchev–Trinajstić information content (AvgIpc) is 3.19. The Morgan fingerprint density at radius 1 is 1.20 bits per heavy atom. The molecule has 2 aromatic heterocycles. The molecule has 0 aliphatic heterocycles. The van der Waals surface area contributed by atoms with Gasteiger partial charge in [0.15, 0.2) is 5.69 Å². The lowest BCUT2D eigenvalue weighted by Gasteiger charge is -2.25. The summed E-state index contributed by atoms with van der Waals surface area (Å²) in [4.78, 5) is 23.1. The number of carbonyl (C=O) groups excluding carboxylic acids is 1. The molecular weight excluding hydrogens is 423 g/mol. The van der Waals surface area contributed by atoms with Crippen LogP contribution in [-0.4, -0.2) is 33.4 Å². The van der Waals surface area contributed by atoms with Crippen LogP contribution in [0.15, 0.2) is 53.3 Å². The fraction of sp³-hybridized carbons (Fsp3) is 0.318. The average molecular weight is 447 g/mol. The lowest BCUT2D eigenvalue weighted by molar-refractivity contribution is 0.0949. The van der Waals surface area contributed by atoms with Crippen molar-refractivity contribution in [2.45, 2.75) is 39.4 Å². The molecule has 2 heterocycles. The van der Waals surface area contributed by atoms with Crippen LogP contribution in [0, 0.1) is 0 Å². The highest BCUT2D eigenvalue weighted by atomic mass is 35.5. The maximum Gasteiger partial charge on any atom is 0.273 e. The number of hydrogen-bond donors (Lipinski definition) is 1. The lowest BCUT2D eigenvalue weighted by Crippen LogP contribution is -2.30. The van der Waals surface area contributed by atoms with Gasteiger partial charge in [0.25, 0.3) is 5.91 Å². The summed E-state index contributed by atoms with van der Waals surface area (Å²) < 4.78 is 5.54. The monoisotopic (exact) mass is 446 g/mol. The number of rotatable bonds is 9. The zero-order chi connectivity index (χ0) is 21.5. The molecule has 0 bridgehead atoms. The Hall–Kier alpha value is -2.41. The van der Waals surface area contributed by atoms with Crippen LogP contribution < -0.4 is 5.32 Å². The third-order valence-corrected chi connectivity index (χ3v) is 5.22. The summed E-state index contributed by atoms with van der Waals surface area (Å²) in [6.07, 6.45) is 3.78. The van der Waals surface area contributed by atoms with Gasteiger partial charge >= 0.3 is 0 Å². The normalized spacial score (nSPS) is 11.3. The number of hydrogen-bond acceptors (Lipinski definition) is 5. The number of aromatic nitrogens is 2. The fourth-order valence-corrected chi connectivity index (χ4v) is 3.36. The van der Waals surface area contributed by atoms with E-state index in [9.17, 15) is 4.79 Å². The van der Waals surface area contributed by atoms with E-state index in [1.165, 1.54) is 6.26 Å². The van der Waals surface area contributed by atoms with Crippen molar-refractivity contribution in [3.63, 3.8) is 0 Å². The van der Waals surface area contributed by atoms with Crippen molar-refractivity contribution in [3.8, 4) is 0 Å². The molecule has 0 spiro atoms. The molecule has 0 aliphatic carbocycles. The summed E-state index contributed by atoms with van der Waals surface area (Å²) in [6, 6.07) is 11.4. The standard InChI is InChI=1S/C22H24Cl2N4O2/c1-15(2)28(12-16-6-7-17(23)11-19(16)24)13-21-27-20(14-30-21)22(29)26-10-8-18-5-3-4-9-25-18/h3-7,9,11,14-15H,8,10,12-13H2,1-2H3,(H,26,29). The van der Waals surface area contributed by atoms with Crippen molar-refractivity contribution in [2.75, 3.05) is 6.54 Å². The van der Waals surface area contributed by atoms with Crippen molar-refractivity contribution in [3.05, 3.63) is 81.7 Å². The summed E-state index contributed by atoms with van der Waals surface area (Å²) in [5, 5.41) is 4.07. The minimum absolute atomic E-state index is 0.222. The molecule has 1 aromatic carbocycles. The second-order valence-corrected chi connectivity index (χ2v) is 8.03. The Labute approximate surface area is 186 Å². The molecule has 3 rings (SSSR count). The van der Waals surface area contributed by atoms with Gasteiger partial charge in [0.05, 0.1) is 6.54 Å². The van der Waals surface area contributed by atoms with Crippen molar-refractivity contribution in [1.29, 1.82) is 0 Å². The van der Waals surface area contributed by atoms with Crippen LogP contribution in [-0.2, 0) is 19.5 Å². The largest absolute Gasteiger partial charge is 0.447 e. The Morgan fingerprint density at radius 3 is 2.73 bits per heavy atom. The number of benzene rings is 1. The van der Waals surface area contributed by atoms with Crippen molar-refractivity contribution in [2.24, 2.45) is 0 Å². The van der Waals surface area contributed by atoms with Crippen LogP contribution in [0.4, 0.5) is 0 Å². The summed E-state index contributed by atoms with van der Waals surface area (Å²) >= 11 is 12.3. The fourth-order valence-electron chi connectivity index (χ4n) is 2.89. The predicted octanol–water partition coefficient (Wildman–Crippen LogP) is 4.76. The van der Waals surface area contributed by atoms with Crippen LogP contribution in [0.1, 0.15) is 41.5 Å². The third-order valence-electron chi connectivity index (χ3n) is 4.63. The van der Waals surface area contributed by atoms with Gasteiger partial charge in [-0.1, -0.05) is 35.3 Å². The van der Waals surface area contributed by atoms with E-state index >= 15 is 0 Å². The molecule has 0 radical (unpaired) electrons. The predicted molar refractivity (Wildman–Crippen MR) is 118 cm³/mol. The van der Waals surface area contributed by atoms with Gasteiger partial charge in [0.2, 0.25) is 5.89 Å². The highest BCUT2D eigenvalue weighted by molar-refractivity contribution is 6.35. The number of carbonyl (C=O) groups is 1. The summed E-state index contributed by atoms with van der Waals surface area (Å²) in [7, 11) is 0. The highest BCUT2D eigenvalue weighted by Gasteiger charge is 2.18. The van der Waals surface area contributed by atoms with Crippen LogP contribution in [0.2, 0.25) is 10.0 Å². The van der Waals surface area contributed by atoms with E-state index in [0.29, 0.717) is 42.0 Å². The highest BCUT2D eigenvalue weighted by Crippen LogP contribution is 2.23. The molecule has 0 unspecified atom stereocenters. The second-order valence-electron chi connectivity index (χ2n) is 7.19. The molecule has 6 nitrogen and oxygen atoms in total. The maximum atomic E-state index is 12.3. The van der Waals surface area contributed by atoms with E-state index < -0.39 is 0 Å². The number of pyridine rings is 1. The van der Waals surface area contributed by atoms with E-state index in [4.69, 9.17) is 27.6 Å². The van der Waals surface area contributed by atoms with Gasteiger partial charge < -0.3 is 9.73 Å². The minimum Gasteiger partial charge on any atom is -0.447 e. The number of nitrogens with one attached hydrogen (secondary N) is 1. The summed E-state index contributed by atoms with van der Waals surface area (Å²) in [5.74, 6) is 0.210. The van der Waals surface area contributed by atoms with Gasteiger partial charge in [-0.05, 0) is 43.7 Å². The Kier molecular flexibility index (Phi) is 7.85. The molecule has 0 saturated heterocycles. The van der Waals surface area contributed by atoms with Gasteiger partial charge in [-0.25, -0.2) is 4.98 Å². The zero-order valence-corrected chi connectivity index (χ0v) is 18.5. The van der Waals surface area contributed by atoms with Crippen molar-refractivity contribution >= 4 is 29.1 Å². The summed E-state index contributed by atoms with van der Waals surface area (Å²) in [5.41, 5.74) is 2.15. The zero-order valence-electron chi connectivity index (χ0n) is 16.9. The Bertz CT molecular complexity index is 976. The number of halogens is 2. The molecule has 1 N–H and O–H groups in total. The molecule has 30 heavy (non-hydrogen) atoms. The first kappa shape index (κ1) is 22.3. The first-order chi connectivity index (χ1) is 14.4. The SMILES string of the molecule is CC(C)N(Cc1nc(C(=O)NCCc2ccccn2)co1)Cc1ccc(Cl)cc1Cl. The van der Waals surface area contributed by atoms with Crippen molar-refractivity contribution < 1.29 is 9.21 Å². The van der Waals surface area contributed by atoms with Crippen LogP contribution in [0.3, 0.4) is 0 Å². The molecule has 0 aliphatic rings. The first-order valence-electron chi connectivity index (χ1n) is 9.73. The number of nitrogens with zero attached hydrogens (tertiary/aromatic N) is 3. The molecular formula is C22H24Cl2N4O2. The van der Waals surface area contributed by atoms with E-state index in [2.05, 4.69) is 34.0 Å². The number of amides is 1. The van der Waals surface area contributed by atoms with Gasteiger partial charge in [0.1, 0.15) is 6.26 Å². The molecule has 3 aromatic rings. The maximum absolute atomic E-state index is 12.3. The van der Waals surface area contributed by atoms with E-state index in [0.717, 1.165) is 11.3 Å². The molecule has 0 atom stereocenters. The van der Waals surface area contributed by atoms with Crippen molar-refractivity contribution in [1.82, 2.24) is 20.2 Å². The van der Waals surface area contributed by atoms with E-state index in [1.54, 1.807) is 12.3 Å². The minimum atomic E-state index is -0.266. The van der Waals surface area contributed by atoms with Gasteiger partial charge in [-0.3, -0.25) is 14.7 Å². The van der Waals surface area contributed by atoms with Gasteiger partial charge in [0, 0.05) is 47.5 Å². The van der Waals surface area contributed by atoms with Gasteiger partial charge in [-0.15, -0.1) is 0 Å². The lowest BCUT2D eigenvalue weighted by atomic mass is 10.2. The second kappa shape index (κ2) is 10.6. The van der Waals surface area contributed by atoms with Crippen LogP contribution in [0.5, 0.6) is 0 Å². The van der Waals surface area contributed by atoms with Crippen LogP contribution >= 0.6 is 23.2 Å². The smallest absolute Gasteiger partial charge is 0.273 e. The molecule has 0 saturated carbocycles. The first-order valence-corrected chi connectivity index (χ1v) is 10.5. The third kappa shape index (κ3) is 6.29. The van der Waals surface area contributed by atoms with E-state index in [-0.39, 0.29) is 17.6 Å². The van der Waals surface area contributed by atoms with Gasteiger partial charge in [-0.2, -0.15) is 0 Å². The van der Waals surface area contributed by atoms with Crippen LogP contribution in [0.25, 0.3) is 0 Å². The Morgan fingerprint density at radius 2 is 2.03 bits per heavy atom. The molecule has 8 heteroatoms. The molecule has 1 amide bonds. The molecule has 158 valence electrons. The Balaban J connectivity index is 1.57. The number of oxazole rings is 1.